The Labute approximate surface area is 178 Å². The molecule has 5 rings (SSSR count). The van der Waals surface area contributed by atoms with Gasteiger partial charge in [-0.15, -0.1) is 0 Å². The number of rotatable bonds is 4. The fourth-order valence-electron chi connectivity index (χ4n) is 8.92. The molecule has 4 saturated carbocycles. The molecule has 0 aliphatic heterocycles. The molecule has 5 aliphatic rings. The van der Waals surface area contributed by atoms with Crippen molar-refractivity contribution >= 4 is 5.78 Å². The van der Waals surface area contributed by atoms with Gasteiger partial charge in [0.05, 0.1) is 0 Å². The number of fused-ring (bicyclic) bond motifs is 4. The number of ketones is 1. The Balaban J connectivity index is 1.42. The summed E-state index contributed by atoms with van der Waals surface area (Å²) >= 11 is 0. The molecule has 0 N–H and O–H groups in total. The van der Waals surface area contributed by atoms with Crippen molar-refractivity contribution in [2.45, 2.75) is 86.5 Å². The predicted octanol–water partition coefficient (Wildman–Crippen LogP) is 7.23. The fraction of sp³-hybridized carbons (Fsp3) is 0.821. The van der Waals surface area contributed by atoms with Crippen molar-refractivity contribution in [1.29, 1.82) is 0 Å². The van der Waals surface area contributed by atoms with Crippen LogP contribution >= 0.6 is 0 Å². The van der Waals surface area contributed by atoms with Crippen molar-refractivity contribution in [3.8, 4) is 0 Å². The summed E-state index contributed by atoms with van der Waals surface area (Å²) in [5, 5.41) is 0. The highest BCUT2D eigenvalue weighted by Crippen LogP contribution is 2.79. The molecule has 0 unspecified atom stereocenters. The van der Waals surface area contributed by atoms with E-state index >= 15 is 0 Å². The van der Waals surface area contributed by atoms with Crippen molar-refractivity contribution in [1.82, 2.24) is 0 Å². The molecule has 0 aromatic rings. The van der Waals surface area contributed by atoms with E-state index in [0.29, 0.717) is 40.8 Å². The summed E-state index contributed by atoms with van der Waals surface area (Å²) in [5.41, 5.74) is 2.32. The lowest BCUT2D eigenvalue weighted by Gasteiger charge is -2.54. The van der Waals surface area contributed by atoms with Crippen LogP contribution in [0.3, 0.4) is 0 Å². The van der Waals surface area contributed by atoms with Gasteiger partial charge >= 0.3 is 0 Å². The monoisotopic (exact) mass is 394 g/mol. The fourth-order valence-corrected chi connectivity index (χ4v) is 8.92. The maximum Gasteiger partial charge on any atom is 0.162 e. The lowest BCUT2D eigenvalue weighted by atomic mass is 9.49. The molecule has 0 aromatic heterocycles. The summed E-state index contributed by atoms with van der Waals surface area (Å²) in [7, 11) is 0. The molecule has 160 valence electrons. The molecule has 1 heteroatoms. The second kappa shape index (κ2) is 6.33. The van der Waals surface area contributed by atoms with E-state index in [0.717, 1.165) is 11.8 Å². The topological polar surface area (TPSA) is 17.1 Å². The molecular weight excluding hydrogens is 352 g/mol. The third-order valence-corrected chi connectivity index (χ3v) is 11.2. The zero-order chi connectivity index (χ0) is 20.8. The standard InChI is InChI=1S/C28H42O/c1-17(2)18(3)7-8-19(4)22-9-10-23-21-15-25(29)28-16-20(28)11-14-27(28,6)24(21)12-13-26(22,23)5/h7-8,15,17-20,22-24H,9-14,16H2,1-6H3/b8-7+/t18-,19+,20+,22+,23-,24-,26+,27+,28-/m0/s1. The second-order valence-corrected chi connectivity index (χ2v) is 12.5. The van der Waals surface area contributed by atoms with Crippen LogP contribution in [0.15, 0.2) is 23.8 Å². The van der Waals surface area contributed by atoms with E-state index in [2.05, 4.69) is 59.8 Å². The third-order valence-electron chi connectivity index (χ3n) is 11.2. The second-order valence-electron chi connectivity index (χ2n) is 12.5. The maximum atomic E-state index is 13.4. The first kappa shape index (κ1) is 20.1. The average molecular weight is 395 g/mol. The highest BCUT2D eigenvalue weighted by atomic mass is 16.1. The van der Waals surface area contributed by atoms with Crippen LogP contribution in [0.25, 0.3) is 0 Å². The smallest absolute Gasteiger partial charge is 0.162 e. The summed E-state index contributed by atoms with van der Waals surface area (Å²) in [6.45, 7) is 14.5. The molecule has 0 radical (unpaired) electrons. The van der Waals surface area contributed by atoms with Gasteiger partial charge in [0.15, 0.2) is 5.78 Å². The Morgan fingerprint density at radius 2 is 1.72 bits per heavy atom. The number of carbonyl (C=O) groups is 1. The molecule has 0 aromatic carbocycles. The van der Waals surface area contributed by atoms with Crippen LogP contribution in [0.4, 0.5) is 0 Å². The van der Waals surface area contributed by atoms with Crippen LogP contribution < -0.4 is 0 Å². The van der Waals surface area contributed by atoms with Crippen molar-refractivity contribution in [3.63, 3.8) is 0 Å². The Hall–Kier alpha value is -0.850. The van der Waals surface area contributed by atoms with Crippen molar-refractivity contribution in [2.75, 3.05) is 0 Å². The molecular formula is C28H42O. The van der Waals surface area contributed by atoms with Gasteiger partial charge in [0, 0.05) is 5.41 Å². The van der Waals surface area contributed by atoms with E-state index in [1.807, 2.05) is 0 Å². The lowest BCUT2D eigenvalue weighted by molar-refractivity contribution is -0.127. The van der Waals surface area contributed by atoms with E-state index in [9.17, 15) is 4.79 Å². The third kappa shape index (κ3) is 2.48. The first-order chi connectivity index (χ1) is 13.6. The highest BCUT2D eigenvalue weighted by Gasteiger charge is 2.76. The predicted molar refractivity (Wildman–Crippen MR) is 120 cm³/mol. The Bertz CT molecular complexity index is 773. The minimum absolute atomic E-state index is 0.0654. The highest BCUT2D eigenvalue weighted by molar-refractivity contribution is 6.00. The van der Waals surface area contributed by atoms with E-state index in [4.69, 9.17) is 0 Å². The molecule has 5 aliphatic carbocycles. The molecule has 29 heavy (non-hydrogen) atoms. The van der Waals surface area contributed by atoms with Gasteiger partial charge in [0.25, 0.3) is 0 Å². The van der Waals surface area contributed by atoms with Gasteiger partial charge < -0.3 is 0 Å². The maximum absolute atomic E-state index is 13.4. The lowest BCUT2D eigenvalue weighted by Crippen LogP contribution is -2.50. The number of hydrogen-bond acceptors (Lipinski definition) is 1. The van der Waals surface area contributed by atoms with Crippen LogP contribution in [-0.2, 0) is 4.79 Å². The SMILES string of the molecule is CC(C)[C@@H](C)/C=C/[C@@H](C)[C@H]1CC[C@H]2C3=CC(=O)[C@]45C[C@H]4CC[C@]5(C)[C@H]3CC[C@]12C. The summed E-state index contributed by atoms with van der Waals surface area (Å²) in [6, 6.07) is 0. The van der Waals surface area contributed by atoms with E-state index in [1.54, 1.807) is 5.57 Å². The van der Waals surface area contributed by atoms with E-state index < -0.39 is 0 Å². The first-order valence-electron chi connectivity index (χ1n) is 12.6. The van der Waals surface area contributed by atoms with Gasteiger partial charge in [0.1, 0.15) is 0 Å². The van der Waals surface area contributed by atoms with Crippen molar-refractivity contribution < 1.29 is 4.79 Å². The van der Waals surface area contributed by atoms with Gasteiger partial charge in [-0.2, -0.15) is 0 Å². The first-order valence-corrected chi connectivity index (χ1v) is 12.6. The van der Waals surface area contributed by atoms with E-state index in [-0.39, 0.29) is 10.8 Å². The van der Waals surface area contributed by atoms with Gasteiger partial charge in [0.2, 0.25) is 0 Å². The molecule has 9 atom stereocenters. The normalized spacial score (nSPS) is 50.0. The molecule has 1 nitrogen and oxygen atoms in total. The Morgan fingerprint density at radius 1 is 0.966 bits per heavy atom. The van der Waals surface area contributed by atoms with Crippen LogP contribution in [-0.4, -0.2) is 5.78 Å². The van der Waals surface area contributed by atoms with Crippen molar-refractivity contribution in [2.24, 2.45) is 57.7 Å². The van der Waals surface area contributed by atoms with Crippen LogP contribution in [0, 0.1) is 57.7 Å². The van der Waals surface area contributed by atoms with Gasteiger partial charge in [-0.05, 0) is 103 Å². The zero-order valence-electron chi connectivity index (χ0n) is 19.6. The summed E-state index contributed by atoms with van der Waals surface area (Å²) < 4.78 is 0. The Kier molecular flexibility index (Phi) is 4.38. The van der Waals surface area contributed by atoms with Gasteiger partial charge in [-0.1, -0.05) is 59.3 Å². The molecule has 0 heterocycles. The van der Waals surface area contributed by atoms with Gasteiger partial charge in [-0.3, -0.25) is 4.79 Å². The summed E-state index contributed by atoms with van der Waals surface area (Å²) in [6.07, 6.45) is 16.3. The molecule has 4 fully saturated rings. The van der Waals surface area contributed by atoms with Crippen LogP contribution in [0.1, 0.15) is 86.5 Å². The molecule has 0 saturated heterocycles. The molecule has 0 amide bonds. The molecule has 0 bridgehead atoms. The van der Waals surface area contributed by atoms with Gasteiger partial charge in [-0.25, -0.2) is 0 Å². The van der Waals surface area contributed by atoms with Crippen LogP contribution in [0.2, 0.25) is 0 Å². The quantitative estimate of drug-likeness (QED) is 0.460. The number of allylic oxidation sites excluding steroid dienone is 4. The average Bonchev–Trinajstić information content (AvgIpc) is 3.20. The number of carbonyl (C=O) groups excluding carboxylic acids is 1. The summed E-state index contributed by atoms with van der Waals surface area (Å²) in [4.78, 5) is 13.4. The van der Waals surface area contributed by atoms with Crippen molar-refractivity contribution in [3.05, 3.63) is 23.8 Å². The number of hydrogen-bond donors (Lipinski definition) is 0. The zero-order valence-corrected chi connectivity index (χ0v) is 19.6. The van der Waals surface area contributed by atoms with Crippen LogP contribution in [0.5, 0.6) is 0 Å². The minimum Gasteiger partial charge on any atom is -0.294 e. The molecule has 1 spiro atoms. The minimum atomic E-state index is 0.0654. The Morgan fingerprint density at radius 3 is 2.41 bits per heavy atom. The largest absolute Gasteiger partial charge is 0.294 e. The van der Waals surface area contributed by atoms with E-state index in [1.165, 1.54) is 44.9 Å². The summed E-state index contributed by atoms with van der Waals surface area (Å²) in [5.74, 6) is 5.37.